The van der Waals surface area contributed by atoms with Gasteiger partial charge in [0.25, 0.3) is 0 Å². The van der Waals surface area contributed by atoms with Gasteiger partial charge in [0.05, 0.1) is 0 Å². The number of hydrogen-bond donors (Lipinski definition) is 1. The molecule has 1 fully saturated rings. The van der Waals surface area contributed by atoms with Gasteiger partial charge in [-0.15, -0.1) is 0 Å². The molecule has 1 aliphatic rings. The molecule has 16 heavy (non-hydrogen) atoms. The van der Waals surface area contributed by atoms with Gasteiger partial charge in [-0.05, 0) is 31.1 Å². The van der Waals surface area contributed by atoms with E-state index in [0.717, 1.165) is 32.5 Å². The fourth-order valence-electron chi connectivity index (χ4n) is 2.33. The van der Waals surface area contributed by atoms with Gasteiger partial charge >= 0.3 is 0 Å². The maximum Gasteiger partial charge on any atom is 0.137 e. The third kappa shape index (κ3) is 4.62. The third-order valence-corrected chi connectivity index (χ3v) is 3.33. The lowest BCUT2D eigenvalue weighted by Gasteiger charge is -2.23. The first-order valence-corrected chi connectivity index (χ1v) is 6.44. The van der Waals surface area contributed by atoms with Gasteiger partial charge in [-0.25, -0.2) is 0 Å². The summed E-state index contributed by atoms with van der Waals surface area (Å²) in [5.74, 6) is 1.51. The summed E-state index contributed by atoms with van der Waals surface area (Å²) < 4.78 is 5.30. The van der Waals surface area contributed by atoms with E-state index in [2.05, 4.69) is 13.8 Å². The van der Waals surface area contributed by atoms with Gasteiger partial charge in [-0.1, -0.05) is 13.8 Å². The van der Waals surface area contributed by atoms with Crippen LogP contribution in [-0.4, -0.2) is 25.5 Å². The van der Waals surface area contributed by atoms with E-state index >= 15 is 0 Å². The SMILES string of the molecule is CC(C)CC(CN)C(=O)CC1CCOCC1. The summed E-state index contributed by atoms with van der Waals surface area (Å²) in [6.45, 7) is 6.42. The van der Waals surface area contributed by atoms with E-state index in [1.165, 1.54) is 0 Å². The van der Waals surface area contributed by atoms with Crippen LogP contribution in [0.3, 0.4) is 0 Å². The van der Waals surface area contributed by atoms with Crippen LogP contribution in [0.5, 0.6) is 0 Å². The molecule has 3 nitrogen and oxygen atoms in total. The van der Waals surface area contributed by atoms with E-state index in [1.54, 1.807) is 0 Å². The van der Waals surface area contributed by atoms with Crippen LogP contribution >= 0.6 is 0 Å². The molecule has 0 radical (unpaired) electrons. The molecule has 94 valence electrons. The molecular weight excluding hydrogens is 202 g/mol. The molecule has 3 heteroatoms. The fourth-order valence-corrected chi connectivity index (χ4v) is 2.33. The van der Waals surface area contributed by atoms with E-state index < -0.39 is 0 Å². The van der Waals surface area contributed by atoms with Crippen LogP contribution < -0.4 is 5.73 Å². The first kappa shape index (κ1) is 13.7. The second kappa shape index (κ2) is 7.02. The van der Waals surface area contributed by atoms with Gasteiger partial charge in [-0.2, -0.15) is 0 Å². The van der Waals surface area contributed by atoms with Gasteiger partial charge in [0.2, 0.25) is 0 Å². The van der Waals surface area contributed by atoms with Crippen LogP contribution in [0, 0.1) is 17.8 Å². The first-order valence-electron chi connectivity index (χ1n) is 6.44. The summed E-state index contributed by atoms with van der Waals surface area (Å²) in [6, 6.07) is 0. The molecule has 2 N–H and O–H groups in total. The predicted molar refractivity (Wildman–Crippen MR) is 65.2 cm³/mol. The third-order valence-electron chi connectivity index (χ3n) is 3.33. The number of carbonyl (C=O) groups is 1. The summed E-state index contributed by atoms with van der Waals surface area (Å²) in [7, 11) is 0. The van der Waals surface area contributed by atoms with Crippen molar-refractivity contribution < 1.29 is 9.53 Å². The molecule has 0 amide bonds. The Kier molecular flexibility index (Phi) is 5.99. The minimum Gasteiger partial charge on any atom is -0.381 e. The number of nitrogens with two attached hydrogens (primary N) is 1. The monoisotopic (exact) mass is 227 g/mol. The maximum absolute atomic E-state index is 12.1. The van der Waals surface area contributed by atoms with Crippen molar-refractivity contribution in [1.82, 2.24) is 0 Å². The Morgan fingerprint density at radius 1 is 1.38 bits per heavy atom. The van der Waals surface area contributed by atoms with Crippen molar-refractivity contribution in [3.05, 3.63) is 0 Å². The lowest BCUT2D eigenvalue weighted by atomic mass is 9.86. The van der Waals surface area contributed by atoms with Crippen molar-refractivity contribution in [2.45, 2.75) is 39.5 Å². The van der Waals surface area contributed by atoms with Gasteiger partial charge in [0.1, 0.15) is 5.78 Å². The highest BCUT2D eigenvalue weighted by Gasteiger charge is 2.23. The molecule has 1 rings (SSSR count). The molecule has 0 bridgehead atoms. The number of ketones is 1. The van der Waals surface area contributed by atoms with Gasteiger partial charge in [0.15, 0.2) is 0 Å². The van der Waals surface area contributed by atoms with E-state index in [0.29, 0.717) is 30.6 Å². The summed E-state index contributed by atoms with van der Waals surface area (Å²) in [5, 5.41) is 0. The molecule has 0 aliphatic carbocycles. The Morgan fingerprint density at radius 2 is 2.00 bits per heavy atom. The van der Waals surface area contributed by atoms with Crippen molar-refractivity contribution >= 4 is 5.78 Å². The highest BCUT2D eigenvalue weighted by atomic mass is 16.5. The van der Waals surface area contributed by atoms with Crippen LogP contribution in [0.2, 0.25) is 0 Å². The molecule has 0 aromatic carbocycles. The highest BCUT2D eigenvalue weighted by molar-refractivity contribution is 5.81. The normalized spacial score (nSPS) is 20.0. The first-order chi connectivity index (χ1) is 7.63. The quantitative estimate of drug-likeness (QED) is 0.755. The zero-order chi connectivity index (χ0) is 12.0. The molecule has 1 aliphatic heterocycles. The Hall–Kier alpha value is -0.410. The second-order valence-electron chi connectivity index (χ2n) is 5.29. The molecule has 0 saturated carbocycles. The second-order valence-corrected chi connectivity index (χ2v) is 5.29. The largest absolute Gasteiger partial charge is 0.381 e. The van der Waals surface area contributed by atoms with Crippen molar-refractivity contribution in [3.8, 4) is 0 Å². The summed E-state index contributed by atoms with van der Waals surface area (Å²) >= 11 is 0. The lowest BCUT2D eigenvalue weighted by Crippen LogP contribution is -2.28. The van der Waals surface area contributed by atoms with Gasteiger partial charge < -0.3 is 10.5 Å². The fraction of sp³-hybridized carbons (Fsp3) is 0.923. The summed E-state index contributed by atoms with van der Waals surface area (Å²) in [4.78, 5) is 12.1. The molecule has 0 spiro atoms. The average molecular weight is 227 g/mol. The molecule has 0 aromatic heterocycles. The van der Waals surface area contributed by atoms with Crippen LogP contribution in [0.15, 0.2) is 0 Å². The minimum atomic E-state index is 0.0721. The maximum atomic E-state index is 12.1. The Balaban J connectivity index is 2.35. The lowest BCUT2D eigenvalue weighted by molar-refractivity contribution is -0.124. The summed E-state index contributed by atoms with van der Waals surface area (Å²) in [6.07, 6.45) is 3.70. The van der Waals surface area contributed by atoms with Crippen LogP contribution in [0.4, 0.5) is 0 Å². The van der Waals surface area contributed by atoms with Crippen molar-refractivity contribution in [2.75, 3.05) is 19.8 Å². The highest BCUT2D eigenvalue weighted by Crippen LogP contribution is 2.22. The predicted octanol–water partition coefficient (Wildman–Crippen LogP) is 1.99. The van der Waals surface area contributed by atoms with E-state index in [1.807, 2.05) is 0 Å². The van der Waals surface area contributed by atoms with Crippen LogP contribution in [-0.2, 0) is 9.53 Å². The van der Waals surface area contributed by atoms with Gasteiger partial charge in [-0.3, -0.25) is 4.79 Å². The molecule has 1 atom stereocenters. The number of rotatable bonds is 6. The zero-order valence-corrected chi connectivity index (χ0v) is 10.6. The smallest absolute Gasteiger partial charge is 0.137 e. The molecule has 1 unspecified atom stereocenters. The number of hydrogen-bond acceptors (Lipinski definition) is 3. The standard InChI is InChI=1S/C13H25NO2/c1-10(2)7-12(9-14)13(15)8-11-3-5-16-6-4-11/h10-12H,3-9,14H2,1-2H3. The van der Waals surface area contributed by atoms with E-state index in [-0.39, 0.29) is 5.92 Å². The van der Waals surface area contributed by atoms with Crippen molar-refractivity contribution in [2.24, 2.45) is 23.5 Å². The molecule has 0 aromatic rings. The van der Waals surface area contributed by atoms with E-state index in [9.17, 15) is 4.79 Å². The number of ether oxygens (including phenoxy) is 1. The summed E-state index contributed by atoms with van der Waals surface area (Å²) in [5.41, 5.74) is 5.68. The Labute approximate surface area is 98.7 Å². The van der Waals surface area contributed by atoms with Gasteiger partial charge in [0, 0.05) is 32.1 Å². The number of carbonyl (C=O) groups excluding carboxylic acids is 1. The van der Waals surface area contributed by atoms with Crippen molar-refractivity contribution in [3.63, 3.8) is 0 Å². The van der Waals surface area contributed by atoms with Crippen LogP contribution in [0.25, 0.3) is 0 Å². The van der Waals surface area contributed by atoms with Crippen molar-refractivity contribution in [1.29, 1.82) is 0 Å². The van der Waals surface area contributed by atoms with E-state index in [4.69, 9.17) is 10.5 Å². The Morgan fingerprint density at radius 3 is 2.50 bits per heavy atom. The number of Topliss-reactive ketones (excluding diaryl/α,β-unsaturated/α-hetero) is 1. The van der Waals surface area contributed by atoms with Crippen LogP contribution in [0.1, 0.15) is 39.5 Å². The molecular formula is C13H25NO2. The Bertz CT molecular complexity index is 210. The molecule has 1 saturated heterocycles. The molecule has 1 heterocycles. The minimum absolute atomic E-state index is 0.0721. The zero-order valence-electron chi connectivity index (χ0n) is 10.6. The topological polar surface area (TPSA) is 52.3 Å². The average Bonchev–Trinajstić information content (AvgIpc) is 2.26.